The first kappa shape index (κ1) is 30.7. The van der Waals surface area contributed by atoms with Crippen LogP contribution in [0.4, 0.5) is 13.2 Å². The minimum Gasteiger partial charge on any atom is -0.497 e. The fourth-order valence-electron chi connectivity index (χ4n) is 4.64. The van der Waals surface area contributed by atoms with E-state index in [1.165, 1.54) is 36.3 Å². The first-order valence-corrected chi connectivity index (χ1v) is 12.9. The van der Waals surface area contributed by atoms with Crippen molar-refractivity contribution in [2.45, 2.75) is 43.9 Å². The van der Waals surface area contributed by atoms with Crippen molar-refractivity contribution in [3.8, 4) is 17.7 Å². The number of carbonyl (C=O) groups is 2. The summed E-state index contributed by atoms with van der Waals surface area (Å²) in [5, 5.41) is 20.0. The van der Waals surface area contributed by atoms with Crippen molar-refractivity contribution in [3.63, 3.8) is 0 Å². The average Bonchev–Trinajstić information content (AvgIpc) is 2.95. The second-order valence-corrected chi connectivity index (χ2v) is 9.88. The maximum atomic E-state index is 14.0. The molecule has 216 valence electrons. The summed E-state index contributed by atoms with van der Waals surface area (Å²) in [4.78, 5) is 31.7. The molecule has 0 radical (unpaired) electrons. The quantitative estimate of drug-likeness (QED) is 0.437. The number of hydrogen-bond acceptors (Lipinski definition) is 7. The standard InChI is InChI=1S/C28H33F3N4O5/c1-34(2)25(36)22-10-11-24(33-23(22)18-32)40-16-5-4-7-19-12-14-35(15-13-19)26(37)27(38,28(29,30)31)20-8-6-9-21(17-20)39-3/h6,8-11,17,19,38H,4-5,7,12-16H2,1-3H3. The molecule has 2 aromatic rings. The summed E-state index contributed by atoms with van der Waals surface area (Å²) in [6, 6.07) is 9.78. The van der Waals surface area contributed by atoms with Crippen LogP contribution in [0, 0.1) is 17.2 Å². The fraction of sp³-hybridized carbons (Fsp3) is 0.500. The van der Waals surface area contributed by atoms with Crippen molar-refractivity contribution in [1.29, 1.82) is 5.26 Å². The number of aliphatic hydroxyl groups is 1. The van der Waals surface area contributed by atoms with E-state index in [0.717, 1.165) is 29.9 Å². The van der Waals surface area contributed by atoms with Gasteiger partial charge in [0, 0.05) is 38.8 Å². The van der Waals surface area contributed by atoms with Crippen molar-refractivity contribution in [3.05, 3.63) is 53.2 Å². The van der Waals surface area contributed by atoms with Crippen LogP contribution in [-0.4, -0.2) is 78.8 Å². The molecular weight excluding hydrogens is 529 g/mol. The Morgan fingerprint density at radius 2 is 1.88 bits per heavy atom. The highest BCUT2D eigenvalue weighted by Crippen LogP contribution is 2.42. The second-order valence-electron chi connectivity index (χ2n) is 9.88. The fourth-order valence-corrected chi connectivity index (χ4v) is 4.64. The molecule has 1 aromatic carbocycles. The smallest absolute Gasteiger partial charge is 0.430 e. The Kier molecular flexibility index (Phi) is 9.98. The molecule has 9 nitrogen and oxygen atoms in total. The maximum absolute atomic E-state index is 14.0. The highest BCUT2D eigenvalue weighted by Gasteiger charge is 2.62. The highest BCUT2D eigenvalue weighted by atomic mass is 19.4. The number of likely N-dealkylation sites (tertiary alicyclic amines) is 1. The molecule has 1 fully saturated rings. The molecule has 2 heterocycles. The summed E-state index contributed by atoms with van der Waals surface area (Å²) in [7, 11) is 4.46. The number of halogens is 3. The third-order valence-electron chi connectivity index (χ3n) is 6.98. The molecule has 1 aromatic heterocycles. The van der Waals surface area contributed by atoms with Gasteiger partial charge >= 0.3 is 6.18 Å². The Morgan fingerprint density at radius 1 is 1.18 bits per heavy atom. The van der Waals surface area contributed by atoms with Crippen LogP contribution in [0.25, 0.3) is 0 Å². The molecule has 0 bridgehead atoms. The summed E-state index contributed by atoms with van der Waals surface area (Å²) < 4.78 is 52.6. The van der Waals surface area contributed by atoms with Crippen LogP contribution in [0.1, 0.15) is 53.7 Å². The predicted molar refractivity (Wildman–Crippen MR) is 139 cm³/mol. The third-order valence-corrected chi connectivity index (χ3v) is 6.98. The monoisotopic (exact) mass is 562 g/mol. The number of hydrogen-bond donors (Lipinski definition) is 1. The SMILES string of the molecule is COc1cccc(C(O)(C(=O)N2CCC(CCCCOc3ccc(C(=O)N(C)C)c(C#N)n3)CC2)C(F)(F)F)c1. The molecule has 2 amide bonds. The van der Waals surface area contributed by atoms with Gasteiger partial charge in [0.2, 0.25) is 5.88 Å². The Balaban J connectivity index is 1.49. The van der Waals surface area contributed by atoms with Gasteiger partial charge in [-0.1, -0.05) is 18.6 Å². The molecular formula is C28H33F3N4O5. The summed E-state index contributed by atoms with van der Waals surface area (Å²) in [6.45, 7) is 0.567. The summed E-state index contributed by atoms with van der Waals surface area (Å²) in [5.41, 5.74) is -4.06. The first-order valence-electron chi connectivity index (χ1n) is 12.9. The van der Waals surface area contributed by atoms with E-state index in [0.29, 0.717) is 25.9 Å². The topological polar surface area (TPSA) is 116 Å². The van der Waals surface area contributed by atoms with Crippen LogP contribution < -0.4 is 9.47 Å². The van der Waals surface area contributed by atoms with Gasteiger partial charge in [-0.05, 0) is 49.8 Å². The van der Waals surface area contributed by atoms with Gasteiger partial charge in [0.1, 0.15) is 11.8 Å². The molecule has 3 rings (SSSR count). The van der Waals surface area contributed by atoms with Crippen LogP contribution >= 0.6 is 0 Å². The number of methoxy groups -OCH3 is 1. The van der Waals surface area contributed by atoms with E-state index in [-0.39, 0.29) is 47.8 Å². The molecule has 1 N–H and O–H groups in total. The average molecular weight is 563 g/mol. The van der Waals surface area contributed by atoms with Crippen molar-refractivity contribution < 1.29 is 37.3 Å². The Hall–Kier alpha value is -3.85. The lowest BCUT2D eigenvalue weighted by molar-refractivity contribution is -0.262. The van der Waals surface area contributed by atoms with E-state index in [4.69, 9.17) is 9.47 Å². The molecule has 1 aliphatic rings. The maximum Gasteiger partial charge on any atom is 0.430 e. The predicted octanol–water partition coefficient (Wildman–Crippen LogP) is 3.90. The number of pyridine rings is 1. The second kappa shape index (κ2) is 13.0. The Labute approximate surface area is 231 Å². The summed E-state index contributed by atoms with van der Waals surface area (Å²) >= 11 is 0. The molecule has 0 saturated carbocycles. The number of rotatable bonds is 10. The van der Waals surface area contributed by atoms with Crippen LogP contribution in [0.3, 0.4) is 0 Å². The number of amides is 2. The van der Waals surface area contributed by atoms with Gasteiger partial charge in [-0.25, -0.2) is 4.98 Å². The summed E-state index contributed by atoms with van der Waals surface area (Å²) in [5.74, 6) is -1.14. The van der Waals surface area contributed by atoms with Gasteiger partial charge < -0.3 is 24.4 Å². The molecule has 40 heavy (non-hydrogen) atoms. The molecule has 1 aliphatic heterocycles. The zero-order valence-corrected chi connectivity index (χ0v) is 22.7. The minimum absolute atomic E-state index is 0.0127. The van der Waals surface area contributed by atoms with Gasteiger partial charge in [0.25, 0.3) is 17.4 Å². The van der Waals surface area contributed by atoms with Crippen molar-refractivity contribution in [2.24, 2.45) is 5.92 Å². The minimum atomic E-state index is -5.21. The number of unbranched alkanes of at least 4 members (excludes halogenated alkanes) is 1. The van der Waals surface area contributed by atoms with Crippen LogP contribution in [-0.2, 0) is 10.4 Å². The van der Waals surface area contributed by atoms with Gasteiger partial charge in [0.05, 0.1) is 19.3 Å². The molecule has 1 unspecified atom stereocenters. The number of carbonyl (C=O) groups excluding carboxylic acids is 2. The van der Waals surface area contributed by atoms with E-state index < -0.39 is 23.2 Å². The van der Waals surface area contributed by atoms with Gasteiger partial charge in [0.15, 0.2) is 5.69 Å². The van der Waals surface area contributed by atoms with Gasteiger partial charge in [-0.15, -0.1) is 0 Å². The van der Waals surface area contributed by atoms with Crippen molar-refractivity contribution in [1.82, 2.24) is 14.8 Å². The normalized spacial score (nSPS) is 15.6. The molecule has 1 saturated heterocycles. The lowest BCUT2D eigenvalue weighted by Crippen LogP contribution is -2.57. The summed E-state index contributed by atoms with van der Waals surface area (Å²) in [6.07, 6.45) is -1.89. The molecule has 0 aliphatic carbocycles. The number of aromatic nitrogens is 1. The van der Waals surface area contributed by atoms with Crippen LogP contribution in [0.5, 0.6) is 11.6 Å². The number of nitriles is 1. The van der Waals surface area contributed by atoms with Crippen molar-refractivity contribution >= 4 is 11.8 Å². The molecule has 12 heteroatoms. The third kappa shape index (κ3) is 6.83. The molecule has 0 spiro atoms. The van der Waals surface area contributed by atoms with E-state index in [2.05, 4.69) is 4.98 Å². The number of benzene rings is 1. The van der Waals surface area contributed by atoms with Crippen molar-refractivity contribution in [2.75, 3.05) is 40.9 Å². The lowest BCUT2D eigenvalue weighted by Gasteiger charge is -2.38. The van der Waals surface area contributed by atoms with Gasteiger partial charge in [-0.3, -0.25) is 9.59 Å². The first-order chi connectivity index (χ1) is 18.9. The highest BCUT2D eigenvalue weighted by molar-refractivity contribution is 5.95. The van der Waals surface area contributed by atoms with E-state index in [1.54, 1.807) is 14.1 Å². The zero-order chi connectivity index (χ0) is 29.5. The van der Waals surface area contributed by atoms with E-state index in [1.807, 2.05) is 6.07 Å². The Bertz CT molecular complexity index is 1240. The number of ether oxygens (including phenoxy) is 2. The van der Waals surface area contributed by atoms with E-state index >= 15 is 0 Å². The lowest BCUT2D eigenvalue weighted by atomic mass is 9.87. The van der Waals surface area contributed by atoms with Crippen LogP contribution in [0.15, 0.2) is 36.4 Å². The number of nitrogens with zero attached hydrogens (tertiary/aromatic N) is 4. The largest absolute Gasteiger partial charge is 0.497 e. The molecule has 1 atom stereocenters. The number of alkyl halides is 3. The van der Waals surface area contributed by atoms with E-state index in [9.17, 15) is 33.1 Å². The van der Waals surface area contributed by atoms with Gasteiger partial charge in [-0.2, -0.15) is 18.4 Å². The van der Waals surface area contributed by atoms with Crippen LogP contribution in [0.2, 0.25) is 0 Å². The Morgan fingerprint density at radius 3 is 2.48 bits per heavy atom. The zero-order valence-electron chi connectivity index (χ0n) is 22.7. The number of piperidine rings is 1.